The van der Waals surface area contributed by atoms with Gasteiger partial charge in [0, 0.05) is 51.7 Å². The zero-order chi connectivity index (χ0) is 52.1. The highest BCUT2D eigenvalue weighted by atomic mass is 16.7. The molecule has 72 heavy (non-hydrogen) atoms. The van der Waals surface area contributed by atoms with Crippen LogP contribution in [0, 0.1) is 23.7 Å². The molecule has 1 spiro atoms. The average molecular weight is 1010 g/mol. The largest absolute Gasteiger partial charge is 0.478 e. The van der Waals surface area contributed by atoms with Gasteiger partial charge in [-0.2, -0.15) is 0 Å². The fourth-order valence-corrected chi connectivity index (χ4v) is 11.6. The van der Waals surface area contributed by atoms with Gasteiger partial charge >= 0.3 is 11.9 Å². The Morgan fingerprint density at radius 3 is 2.26 bits per heavy atom. The molecule has 2 bridgehead atoms. The number of fused-ring (bicyclic) bond motifs is 2. The van der Waals surface area contributed by atoms with Crippen molar-refractivity contribution in [3.63, 3.8) is 0 Å². The zero-order valence-electron chi connectivity index (χ0n) is 44.0. The molecule has 20 atom stereocenters. The molecule has 0 saturated carbocycles. The van der Waals surface area contributed by atoms with Crippen LogP contribution in [0.2, 0.25) is 0 Å². The maximum atomic E-state index is 14.4. The predicted molar refractivity (Wildman–Crippen MR) is 268 cm³/mol. The van der Waals surface area contributed by atoms with E-state index in [-0.39, 0.29) is 67.0 Å². The summed E-state index contributed by atoms with van der Waals surface area (Å²) in [5.41, 5.74) is 0.511. The quantitative estimate of drug-likeness (QED) is 0.138. The van der Waals surface area contributed by atoms with Gasteiger partial charge in [-0.05, 0) is 82.0 Å². The molecule has 0 unspecified atom stereocenters. The minimum atomic E-state index is -1.83. The Hall–Kier alpha value is -3.62. The highest BCUT2D eigenvalue weighted by Gasteiger charge is 2.60. The van der Waals surface area contributed by atoms with Gasteiger partial charge in [-0.1, -0.05) is 88.8 Å². The van der Waals surface area contributed by atoms with Crippen molar-refractivity contribution in [1.82, 2.24) is 5.32 Å². The first-order chi connectivity index (χ1) is 34.3. The number of rotatable bonds is 10. The summed E-state index contributed by atoms with van der Waals surface area (Å²) in [6.07, 6.45) is 10.7. The number of benzene rings is 1. The van der Waals surface area contributed by atoms with Crippen molar-refractivity contribution in [2.24, 2.45) is 23.7 Å². The topological polar surface area (TPSA) is 199 Å². The number of carbonyl (C=O) groups excluding carboxylic acids is 1. The van der Waals surface area contributed by atoms with Gasteiger partial charge in [0.1, 0.15) is 35.9 Å². The van der Waals surface area contributed by atoms with Gasteiger partial charge in [0.2, 0.25) is 0 Å². The summed E-state index contributed by atoms with van der Waals surface area (Å²) in [6, 6.07) is 8.34. The van der Waals surface area contributed by atoms with Crippen LogP contribution in [0.25, 0.3) is 0 Å². The molecule has 0 aromatic heterocycles. The number of aliphatic hydroxyl groups excluding tert-OH is 1. The number of carboxylic acids is 1. The number of nitrogens with one attached hydrogen (secondary N) is 1. The van der Waals surface area contributed by atoms with Gasteiger partial charge in [0.15, 0.2) is 18.4 Å². The van der Waals surface area contributed by atoms with Crippen LogP contribution in [0.4, 0.5) is 0 Å². The van der Waals surface area contributed by atoms with E-state index in [2.05, 4.69) is 52.1 Å². The summed E-state index contributed by atoms with van der Waals surface area (Å²) in [5, 5.41) is 35.4. The number of carboxylic acid groups (broad SMARTS) is 1. The molecule has 0 amide bonds. The Morgan fingerprint density at radius 2 is 1.60 bits per heavy atom. The minimum absolute atomic E-state index is 0.0411. The second kappa shape index (κ2) is 24.4. The van der Waals surface area contributed by atoms with Crippen LogP contribution in [0.3, 0.4) is 0 Å². The average Bonchev–Trinajstić information content (AvgIpc) is 3.70. The number of aromatic carboxylic acids is 1. The Kier molecular flexibility index (Phi) is 19.0. The highest BCUT2D eigenvalue weighted by Crippen LogP contribution is 2.47. The summed E-state index contributed by atoms with van der Waals surface area (Å²) >= 11 is 0. The molecule has 4 saturated heterocycles. The third kappa shape index (κ3) is 12.4. The van der Waals surface area contributed by atoms with Crippen LogP contribution in [0.1, 0.15) is 104 Å². The molecule has 1 aliphatic carbocycles. The maximum absolute atomic E-state index is 14.4. The van der Waals surface area contributed by atoms with Gasteiger partial charge in [-0.25, -0.2) is 4.79 Å². The smallest absolute Gasteiger partial charge is 0.335 e. The van der Waals surface area contributed by atoms with Gasteiger partial charge in [0.05, 0.1) is 60.9 Å². The predicted octanol–water partition coefficient (Wildman–Crippen LogP) is 6.99. The zero-order valence-corrected chi connectivity index (χ0v) is 44.0. The van der Waals surface area contributed by atoms with Crippen molar-refractivity contribution in [2.75, 3.05) is 27.9 Å². The van der Waals surface area contributed by atoms with Crippen molar-refractivity contribution in [2.45, 2.75) is 191 Å². The Labute approximate surface area is 426 Å². The highest BCUT2D eigenvalue weighted by molar-refractivity contribution is 5.87. The number of allylic oxidation sites excluding steroid dienone is 2. The van der Waals surface area contributed by atoms with E-state index >= 15 is 0 Å². The molecule has 16 heteroatoms. The first-order valence-electron chi connectivity index (χ1n) is 26.0. The van der Waals surface area contributed by atoms with E-state index in [1.165, 1.54) is 0 Å². The van der Waals surface area contributed by atoms with E-state index in [0.717, 1.165) is 12.0 Å². The lowest BCUT2D eigenvalue weighted by molar-refractivity contribution is -0.312. The Bertz CT molecular complexity index is 2140. The molecular formula is C56H81NO15. The Balaban J connectivity index is 0.000000761. The third-order valence-electron chi connectivity index (χ3n) is 15.9. The van der Waals surface area contributed by atoms with Crippen molar-refractivity contribution in [3.8, 4) is 0 Å². The van der Waals surface area contributed by atoms with E-state index in [1.807, 2.05) is 39.1 Å². The molecular weight excluding hydrogens is 927 g/mol. The summed E-state index contributed by atoms with van der Waals surface area (Å²) < 4.78 is 64.6. The number of methoxy groups -OCH3 is 2. The van der Waals surface area contributed by atoms with Gasteiger partial charge < -0.3 is 68.0 Å². The molecule has 6 aliphatic heterocycles. The first-order valence-corrected chi connectivity index (χ1v) is 26.0. The molecule has 1 aromatic carbocycles. The molecule has 6 heterocycles. The van der Waals surface area contributed by atoms with Crippen LogP contribution >= 0.6 is 0 Å². The minimum Gasteiger partial charge on any atom is -0.478 e. The number of hydrogen-bond acceptors (Lipinski definition) is 15. The number of hydrogen-bond donors (Lipinski definition) is 4. The van der Waals surface area contributed by atoms with Crippen LogP contribution in [0.15, 0.2) is 89.6 Å². The van der Waals surface area contributed by atoms with Gasteiger partial charge in [-0.15, -0.1) is 0 Å². The van der Waals surface area contributed by atoms with Crippen molar-refractivity contribution in [3.05, 3.63) is 95.1 Å². The van der Waals surface area contributed by atoms with Gasteiger partial charge in [-0.3, -0.25) is 4.79 Å². The SMILES string of the molecule is CC[C@H](C)[C@H]1O[C@]2(C=C[C@@H]1C)C[C@@H]1C[C@@H](C/C=C(\C)[C@@H](O[C@H]3C[C@H](OC)[C@@H](O[C@H]4C[C@H](OC)[C@@H](NC)[C@H](C)O4)[C@H](C)O3)[C@@H](C)/C=C/C=C3\CO[C@@H]4[C@H](O)C(C)=C[C@@H](C(=O)O1)[C@]34O)O2.O=C(O)c1ccccc1. The fraction of sp³-hybridized carbons (Fsp3) is 0.679. The monoisotopic (exact) mass is 1010 g/mol. The van der Waals surface area contributed by atoms with Crippen molar-refractivity contribution < 1.29 is 72.3 Å². The van der Waals surface area contributed by atoms with Crippen LogP contribution in [0.5, 0.6) is 0 Å². The number of ether oxygens (including phenoxy) is 10. The molecule has 0 radical (unpaired) electrons. The third-order valence-corrected chi connectivity index (χ3v) is 15.9. The summed E-state index contributed by atoms with van der Waals surface area (Å²) in [7, 11) is 5.30. The molecule has 1 aromatic rings. The van der Waals surface area contributed by atoms with E-state index < -0.39 is 72.3 Å². The summed E-state index contributed by atoms with van der Waals surface area (Å²) in [6.45, 7) is 16.4. The second-order valence-electron chi connectivity index (χ2n) is 21.0. The van der Waals surface area contributed by atoms with Crippen LogP contribution in [-0.4, -0.2) is 152 Å². The summed E-state index contributed by atoms with van der Waals surface area (Å²) in [5.74, 6) is -3.39. The molecule has 4 N–H and O–H groups in total. The number of aliphatic hydroxyl groups is 2. The Morgan fingerprint density at radius 1 is 0.903 bits per heavy atom. The number of esters is 1. The lowest BCUT2D eigenvalue weighted by Gasteiger charge is -2.48. The number of likely N-dealkylation sites (N-methyl/N-ethyl adjacent to an activating group) is 1. The standard InChI is InChI=1S/C49H75NO13.C7H6O2/c1-12-26(2)44-29(5)18-19-48(63-44)24-35-21-34(62-48)17-16-28(4)43(27(3)14-13-15-33-25-56-46-42(51)30(6)20-36(47(52)59-35)49(33,46)53)60-40-23-38(55-11)45(32(8)58-40)61-39-22-37(54-10)41(50-9)31(7)57-39;8-7(9)6-4-2-1-3-5-6/h13-16,18-20,26-27,29,31-32,34-46,50-51,53H,12,17,21-25H2,1-11H3;1-5H,(H,8,9)/b14-13+,28-16+,33-15+;/t26-,27-,29-,31-,32-,34+,35-,36-,37-,38-,39-,40-,41-,42+,43-,44+,45-,46+,48+,49+;/m0./s1. The van der Waals surface area contributed by atoms with Crippen LogP contribution in [-0.2, 0) is 52.2 Å². The lowest BCUT2D eigenvalue weighted by atomic mass is 9.71. The van der Waals surface area contributed by atoms with E-state index in [9.17, 15) is 19.8 Å². The molecule has 4 fully saturated rings. The fourth-order valence-electron chi connectivity index (χ4n) is 11.6. The molecule has 8 rings (SSSR count). The van der Waals surface area contributed by atoms with Crippen molar-refractivity contribution >= 4 is 11.9 Å². The second-order valence-corrected chi connectivity index (χ2v) is 21.0. The molecule has 7 aliphatic rings. The maximum Gasteiger partial charge on any atom is 0.335 e. The van der Waals surface area contributed by atoms with Crippen LogP contribution < -0.4 is 5.32 Å². The normalized spacial score (nSPS) is 43.6. The van der Waals surface area contributed by atoms with Crippen molar-refractivity contribution in [1.29, 1.82) is 0 Å². The van der Waals surface area contributed by atoms with E-state index in [0.29, 0.717) is 48.8 Å². The molecule has 400 valence electrons. The van der Waals surface area contributed by atoms with Gasteiger partial charge in [0.25, 0.3) is 0 Å². The number of carbonyl (C=O) groups is 2. The van der Waals surface area contributed by atoms with E-state index in [1.54, 1.807) is 63.6 Å². The molecule has 16 nitrogen and oxygen atoms in total. The first kappa shape index (κ1) is 56.1. The lowest BCUT2D eigenvalue weighted by Crippen LogP contribution is -2.58. The summed E-state index contributed by atoms with van der Waals surface area (Å²) in [4.78, 5) is 24.6. The van der Waals surface area contributed by atoms with E-state index in [4.69, 9.17) is 52.5 Å².